The van der Waals surface area contributed by atoms with E-state index >= 15 is 0 Å². The lowest BCUT2D eigenvalue weighted by atomic mass is 9.96. The highest BCUT2D eigenvalue weighted by Gasteiger charge is 2.25. The van der Waals surface area contributed by atoms with Crippen molar-refractivity contribution in [3.63, 3.8) is 0 Å². The van der Waals surface area contributed by atoms with Crippen molar-refractivity contribution in [2.75, 3.05) is 20.3 Å². The van der Waals surface area contributed by atoms with Crippen LogP contribution in [0.2, 0.25) is 0 Å². The number of carbonyl (C=O) groups excluding carboxylic acids is 1. The van der Waals surface area contributed by atoms with Crippen molar-refractivity contribution in [1.29, 1.82) is 0 Å². The van der Waals surface area contributed by atoms with Crippen molar-refractivity contribution < 1.29 is 14.3 Å². The Bertz CT molecular complexity index is 657. The number of nitrogens with one attached hydrogen (secondary N) is 1. The molecule has 1 N–H and O–H groups in total. The van der Waals surface area contributed by atoms with Crippen LogP contribution in [0.4, 0.5) is 0 Å². The number of carbonyl (C=O) groups is 1. The van der Waals surface area contributed by atoms with Crippen molar-refractivity contribution in [2.24, 2.45) is 5.92 Å². The molecule has 1 aliphatic rings. The number of hydrogen-bond acceptors (Lipinski definition) is 5. The smallest absolute Gasteiger partial charge is 0.226 e. The molecule has 2 aromatic rings. The van der Waals surface area contributed by atoms with Gasteiger partial charge in [-0.1, -0.05) is 6.07 Å². The van der Waals surface area contributed by atoms with Gasteiger partial charge in [-0.15, -0.1) is 10.2 Å². The van der Waals surface area contributed by atoms with E-state index < -0.39 is 0 Å². The van der Waals surface area contributed by atoms with E-state index in [9.17, 15) is 4.79 Å². The molecule has 1 aliphatic heterocycles. The molecular formula is C16H20N4O3. The Balaban J connectivity index is 1.47. The first-order valence-corrected chi connectivity index (χ1v) is 7.66. The lowest BCUT2D eigenvalue weighted by Crippen LogP contribution is -2.38. The average molecular weight is 316 g/mol. The van der Waals surface area contributed by atoms with Crippen molar-refractivity contribution in [3.8, 4) is 11.5 Å². The molecule has 1 aromatic heterocycles. The number of ether oxygens (including phenoxy) is 2. The number of amides is 1. The van der Waals surface area contributed by atoms with Crippen molar-refractivity contribution >= 4 is 5.91 Å². The third kappa shape index (κ3) is 3.80. The fourth-order valence-corrected chi connectivity index (χ4v) is 2.60. The van der Waals surface area contributed by atoms with E-state index in [1.807, 2.05) is 22.8 Å². The van der Waals surface area contributed by atoms with Gasteiger partial charge in [0.2, 0.25) is 5.91 Å². The van der Waals surface area contributed by atoms with Gasteiger partial charge in [0, 0.05) is 19.2 Å². The first-order valence-electron chi connectivity index (χ1n) is 7.66. The third-order valence-electron chi connectivity index (χ3n) is 3.91. The number of benzene rings is 1. The molecule has 0 unspecified atom stereocenters. The minimum Gasteiger partial charge on any atom is -0.497 e. The second kappa shape index (κ2) is 7.13. The number of methoxy groups -OCH3 is 1. The molecule has 122 valence electrons. The molecular weight excluding hydrogens is 296 g/mol. The van der Waals surface area contributed by atoms with Gasteiger partial charge in [0.25, 0.3) is 0 Å². The van der Waals surface area contributed by atoms with Crippen LogP contribution in [0.1, 0.15) is 12.0 Å². The second-order valence-corrected chi connectivity index (χ2v) is 5.53. The maximum Gasteiger partial charge on any atom is 0.226 e. The maximum absolute atomic E-state index is 12.2. The zero-order valence-electron chi connectivity index (χ0n) is 13.1. The summed E-state index contributed by atoms with van der Waals surface area (Å²) in [6.07, 6.45) is 4.87. The van der Waals surface area contributed by atoms with Crippen molar-refractivity contribution in [3.05, 3.63) is 36.4 Å². The Labute approximate surface area is 134 Å². The molecule has 23 heavy (non-hydrogen) atoms. The number of nitrogens with zero attached hydrogens (tertiary/aromatic N) is 3. The van der Waals surface area contributed by atoms with Crippen molar-refractivity contribution in [1.82, 2.24) is 20.1 Å². The van der Waals surface area contributed by atoms with Gasteiger partial charge >= 0.3 is 0 Å². The maximum atomic E-state index is 12.2. The van der Waals surface area contributed by atoms with E-state index in [4.69, 9.17) is 9.47 Å². The quantitative estimate of drug-likeness (QED) is 0.806. The second-order valence-electron chi connectivity index (χ2n) is 5.53. The van der Waals surface area contributed by atoms with Crippen LogP contribution in [0.25, 0.3) is 0 Å². The minimum atomic E-state index is -0.147. The highest BCUT2D eigenvalue weighted by Crippen LogP contribution is 2.30. The van der Waals surface area contributed by atoms with Crippen molar-refractivity contribution in [2.45, 2.75) is 19.4 Å². The molecule has 0 radical (unpaired) electrons. The fourth-order valence-electron chi connectivity index (χ4n) is 2.60. The lowest BCUT2D eigenvalue weighted by Gasteiger charge is -2.25. The highest BCUT2D eigenvalue weighted by atomic mass is 16.5. The van der Waals surface area contributed by atoms with E-state index in [1.54, 1.807) is 19.8 Å². The topological polar surface area (TPSA) is 78.3 Å². The van der Waals surface area contributed by atoms with Crippen LogP contribution in [-0.2, 0) is 17.8 Å². The molecule has 1 aromatic carbocycles. The summed E-state index contributed by atoms with van der Waals surface area (Å²) in [5, 5.41) is 10.5. The van der Waals surface area contributed by atoms with Gasteiger partial charge in [-0.05, 0) is 24.5 Å². The van der Waals surface area contributed by atoms with Crippen LogP contribution in [0.5, 0.6) is 11.5 Å². The molecule has 7 heteroatoms. The Hall–Kier alpha value is -2.57. The van der Waals surface area contributed by atoms with Crippen LogP contribution in [0, 0.1) is 5.92 Å². The number of fused-ring (bicyclic) bond motifs is 1. The Morgan fingerprint density at radius 1 is 1.43 bits per heavy atom. The summed E-state index contributed by atoms with van der Waals surface area (Å²) in [7, 11) is 1.63. The SMILES string of the molecule is COc1ccc2c(c1)OC[C@@H](C(=O)NCCCn1cnnc1)C2. The highest BCUT2D eigenvalue weighted by molar-refractivity contribution is 5.79. The molecule has 1 atom stereocenters. The summed E-state index contributed by atoms with van der Waals surface area (Å²) in [5.74, 6) is 1.46. The van der Waals surface area contributed by atoms with Crippen LogP contribution in [0.3, 0.4) is 0 Å². The minimum absolute atomic E-state index is 0.0372. The van der Waals surface area contributed by atoms with Gasteiger partial charge in [0.05, 0.1) is 13.0 Å². The van der Waals surface area contributed by atoms with Crippen LogP contribution >= 0.6 is 0 Å². The number of hydrogen-bond donors (Lipinski definition) is 1. The largest absolute Gasteiger partial charge is 0.497 e. The summed E-state index contributed by atoms with van der Waals surface area (Å²) in [4.78, 5) is 12.2. The lowest BCUT2D eigenvalue weighted by molar-refractivity contribution is -0.126. The first kappa shape index (κ1) is 15.3. The summed E-state index contributed by atoms with van der Waals surface area (Å²) < 4.78 is 12.8. The molecule has 7 nitrogen and oxygen atoms in total. The van der Waals surface area contributed by atoms with E-state index in [2.05, 4.69) is 15.5 Å². The van der Waals surface area contributed by atoms with Gasteiger partial charge in [0.15, 0.2) is 0 Å². The predicted octanol–water partition coefficient (Wildman–Crippen LogP) is 1.04. The molecule has 2 heterocycles. The van der Waals surface area contributed by atoms with Crippen LogP contribution in [-0.4, -0.2) is 40.9 Å². The zero-order valence-corrected chi connectivity index (χ0v) is 13.1. The summed E-state index contributed by atoms with van der Waals surface area (Å²) >= 11 is 0. The first-order chi connectivity index (χ1) is 11.3. The summed E-state index contributed by atoms with van der Waals surface area (Å²) in [5.41, 5.74) is 1.04. The fraction of sp³-hybridized carbons (Fsp3) is 0.438. The number of rotatable bonds is 6. The Morgan fingerprint density at radius 2 is 2.26 bits per heavy atom. The molecule has 3 rings (SSSR count). The zero-order chi connectivity index (χ0) is 16.1. The summed E-state index contributed by atoms with van der Waals surface area (Å²) in [6, 6.07) is 5.71. The third-order valence-corrected chi connectivity index (χ3v) is 3.91. The molecule has 0 aliphatic carbocycles. The number of aromatic nitrogens is 3. The summed E-state index contributed by atoms with van der Waals surface area (Å²) in [6.45, 7) is 1.82. The molecule has 0 saturated heterocycles. The van der Waals surface area contributed by atoms with Gasteiger partial charge in [-0.3, -0.25) is 4.79 Å². The van der Waals surface area contributed by atoms with Crippen LogP contribution in [0.15, 0.2) is 30.9 Å². The Morgan fingerprint density at radius 3 is 3.04 bits per heavy atom. The predicted molar refractivity (Wildman–Crippen MR) is 83.3 cm³/mol. The van der Waals surface area contributed by atoms with E-state index in [0.717, 1.165) is 30.0 Å². The molecule has 1 amide bonds. The average Bonchev–Trinajstić information content (AvgIpc) is 3.11. The molecule has 0 fully saturated rings. The normalized spacial score (nSPS) is 16.3. The van der Waals surface area contributed by atoms with Gasteiger partial charge in [-0.25, -0.2) is 0 Å². The Kier molecular flexibility index (Phi) is 4.75. The van der Waals surface area contributed by atoms with E-state index in [-0.39, 0.29) is 11.8 Å². The van der Waals surface area contributed by atoms with Crippen LogP contribution < -0.4 is 14.8 Å². The van der Waals surface area contributed by atoms with Gasteiger partial charge in [0.1, 0.15) is 30.8 Å². The number of aryl methyl sites for hydroxylation is 1. The van der Waals surface area contributed by atoms with Gasteiger partial charge < -0.3 is 19.4 Å². The van der Waals surface area contributed by atoms with Gasteiger partial charge in [-0.2, -0.15) is 0 Å². The monoisotopic (exact) mass is 316 g/mol. The standard InChI is InChI=1S/C16H20N4O3/c1-22-14-4-3-12-7-13(9-23-15(12)8-14)16(21)17-5-2-6-20-10-18-19-11-20/h3-4,8,10-11,13H,2,5-7,9H2,1H3,(H,17,21)/t13-/m0/s1. The molecule has 0 saturated carbocycles. The van der Waals surface area contributed by atoms with E-state index in [0.29, 0.717) is 19.6 Å². The molecule has 0 spiro atoms. The molecule has 0 bridgehead atoms. The van der Waals surface area contributed by atoms with E-state index in [1.165, 1.54) is 0 Å².